The number of benzene rings is 1. The summed E-state index contributed by atoms with van der Waals surface area (Å²) >= 11 is 0. The second-order valence-corrected chi connectivity index (χ2v) is 10.4. The summed E-state index contributed by atoms with van der Waals surface area (Å²) in [6.45, 7) is 12.7. The van der Waals surface area contributed by atoms with Gasteiger partial charge in [0.2, 0.25) is 5.54 Å². The van der Waals surface area contributed by atoms with Gasteiger partial charge in [0, 0.05) is 10.2 Å². The molecule has 0 saturated heterocycles. The van der Waals surface area contributed by atoms with Crippen LogP contribution in [0.5, 0.6) is 0 Å². The Hall–Kier alpha value is -1.70. The van der Waals surface area contributed by atoms with Gasteiger partial charge in [0.15, 0.2) is 0 Å². The fourth-order valence-electron chi connectivity index (χ4n) is 1.77. The van der Waals surface area contributed by atoms with Gasteiger partial charge in [-0.15, -0.1) is 0 Å². The topological polar surface area (TPSA) is 98.9 Å². The Morgan fingerprint density at radius 2 is 1.54 bits per heavy atom. The molecule has 7 heteroatoms. The van der Waals surface area contributed by atoms with E-state index in [-0.39, 0.29) is 18.6 Å². The third-order valence-electron chi connectivity index (χ3n) is 4.46. The van der Waals surface area contributed by atoms with Crippen LogP contribution >= 0.6 is 0 Å². The third kappa shape index (κ3) is 8.54. The lowest BCUT2D eigenvalue weighted by Crippen LogP contribution is -2.59. The Bertz CT molecular complexity index is 625. The number of aliphatic hydroxyl groups excluding tert-OH is 1. The third-order valence-corrected chi connectivity index (χ3v) is 5.85. The zero-order valence-corrected chi connectivity index (χ0v) is 20.5. The molecule has 0 heterocycles. The molecule has 0 amide bonds. The van der Waals surface area contributed by atoms with Crippen LogP contribution in [-0.2, 0) is 25.7 Å². The van der Waals surface area contributed by atoms with E-state index in [0.717, 1.165) is 15.8 Å². The zero-order valence-electron chi connectivity index (χ0n) is 18.5. The van der Waals surface area contributed by atoms with Crippen molar-refractivity contribution in [2.75, 3.05) is 0 Å². The summed E-state index contributed by atoms with van der Waals surface area (Å²) in [5.74, 6) is -1.46. The number of carbonyl (C=O) groups excluding carboxylic acids is 2. The van der Waals surface area contributed by atoms with E-state index in [1.54, 1.807) is 27.7 Å². The molecule has 1 rings (SSSR count). The molecule has 0 aliphatic rings. The monoisotopic (exact) mass is 411 g/mol. The molecule has 6 nitrogen and oxygen atoms in total. The second kappa shape index (κ2) is 10.7. The van der Waals surface area contributed by atoms with Crippen molar-refractivity contribution in [2.45, 2.75) is 83.8 Å². The fraction of sp³-hybridized carbons (Fsp3) is 0.619. The number of hydrogen-bond acceptors (Lipinski definition) is 6. The molecule has 0 aliphatic carbocycles. The van der Waals surface area contributed by atoms with Crippen molar-refractivity contribution in [1.29, 1.82) is 0 Å². The number of ether oxygens (including phenoxy) is 2. The Morgan fingerprint density at radius 1 is 1.07 bits per heavy atom. The van der Waals surface area contributed by atoms with Gasteiger partial charge in [-0.05, 0) is 52.1 Å². The number of carbonyl (C=O) groups is 2. The highest BCUT2D eigenvalue weighted by atomic mass is 28.1. The molecule has 0 radical (unpaired) electrons. The van der Waals surface area contributed by atoms with Crippen LogP contribution in [0.4, 0.5) is 0 Å². The van der Waals surface area contributed by atoms with E-state index in [2.05, 4.69) is 0 Å². The quantitative estimate of drug-likeness (QED) is 0.423. The van der Waals surface area contributed by atoms with E-state index in [1.807, 2.05) is 51.1 Å². The van der Waals surface area contributed by atoms with E-state index in [0.29, 0.717) is 0 Å². The summed E-state index contributed by atoms with van der Waals surface area (Å²) in [4.78, 5) is 24.5. The summed E-state index contributed by atoms with van der Waals surface area (Å²) in [5, 5.41) is 8.54. The summed E-state index contributed by atoms with van der Waals surface area (Å²) < 4.78 is 10.7. The molecule has 0 spiro atoms. The Morgan fingerprint density at radius 3 is 1.86 bits per heavy atom. The maximum absolute atomic E-state index is 12.3. The largest absolute Gasteiger partial charge is 0.458 e. The van der Waals surface area contributed by atoms with Crippen LogP contribution < -0.4 is 5.73 Å². The SMILES string of the molecule is CCC(N)(C(=O)OC(C)(C)C)C(=O)OC(C)(C)C(C)[SiH3].OCc1ccccc1. The minimum atomic E-state index is -1.75. The van der Waals surface area contributed by atoms with Gasteiger partial charge in [-0.2, -0.15) is 0 Å². The van der Waals surface area contributed by atoms with Gasteiger partial charge in [0.05, 0.1) is 6.61 Å². The van der Waals surface area contributed by atoms with E-state index in [9.17, 15) is 9.59 Å². The maximum Gasteiger partial charge on any atom is 0.338 e. The van der Waals surface area contributed by atoms with Crippen LogP contribution in [0.2, 0.25) is 5.54 Å². The van der Waals surface area contributed by atoms with Crippen LogP contribution in [-0.4, -0.2) is 44.0 Å². The van der Waals surface area contributed by atoms with E-state index >= 15 is 0 Å². The van der Waals surface area contributed by atoms with Crippen molar-refractivity contribution in [1.82, 2.24) is 0 Å². The Labute approximate surface area is 172 Å². The first kappa shape index (κ1) is 26.3. The van der Waals surface area contributed by atoms with Crippen molar-refractivity contribution >= 4 is 22.2 Å². The molecule has 0 saturated carbocycles. The van der Waals surface area contributed by atoms with Gasteiger partial charge in [0.1, 0.15) is 11.2 Å². The average molecular weight is 412 g/mol. The summed E-state index contributed by atoms with van der Waals surface area (Å²) in [5.41, 5.74) is 4.09. The molecule has 3 N–H and O–H groups in total. The van der Waals surface area contributed by atoms with Crippen molar-refractivity contribution < 1.29 is 24.2 Å². The zero-order chi connectivity index (χ0) is 22.2. The summed E-state index contributed by atoms with van der Waals surface area (Å²) in [7, 11) is 0.877. The molecule has 160 valence electrons. The number of hydrogen-bond donors (Lipinski definition) is 2. The average Bonchev–Trinajstić information content (AvgIpc) is 2.60. The normalized spacial score (nSPS) is 14.9. The first-order chi connectivity index (χ1) is 12.7. The molecular formula is C21H37NO5Si. The molecule has 0 aromatic heterocycles. The van der Waals surface area contributed by atoms with E-state index < -0.39 is 28.7 Å². The van der Waals surface area contributed by atoms with Gasteiger partial charge in [-0.3, -0.25) is 0 Å². The first-order valence-corrected chi connectivity index (χ1v) is 10.8. The van der Waals surface area contributed by atoms with Gasteiger partial charge in [-0.1, -0.05) is 44.2 Å². The fourth-order valence-corrected chi connectivity index (χ4v) is 1.89. The lowest BCUT2D eigenvalue weighted by atomic mass is 9.96. The maximum atomic E-state index is 12.3. The van der Waals surface area contributed by atoms with Gasteiger partial charge in [-0.25, -0.2) is 9.59 Å². The minimum absolute atomic E-state index is 0.131. The van der Waals surface area contributed by atoms with Crippen LogP contribution in [0.15, 0.2) is 30.3 Å². The number of rotatable bonds is 6. The van der Waals surface area contributed by atoms with Crippen molar-refractivity contribution in [3.63, 3.8) is 0 Å². The lowest BCUT2D eigenvalue weighted by Gasteiger charge is -2.34. The number of nitrogens with two attached hydrogens (primary N) is 1. The van der Waals surface area contributed by atoms with Crippen LogP contribution in [0.1, 0.15) is 60.5 Å². The van der Waals surface area contributed by atoms with Gasteiger partial charge < -0.3 is 20.3 Å². The molecule has 0 bridgehead atoms. The van der Waals surface area contributed by atoms with Crippen molar-refractivity contribution in [3.8, 4) is 0 Å². The standard InChI is InChI=1S/C14H29NO4Si.C7H8O/c1-8-14(15,10(16)18-12(3,4)5)11(17)19-13(6,7)9(2)20;8-6-7-4-2-1-3-5-7/h9H,8,15H2,1-7,20H3;1-5,8H,6H2. The minimum Gasteiger partial charge on any atom is -0.458 e. The summed E-state index contributed by atoms with van der Waals surface area (Å²) in [6, 6.07) is 9.52. The van der Waals surface area contributed by atoms with Gasteiger partial charge >= 0.3 is 11.9 Å². The molecule has 1 aromatic rings. The summed E-state index contributed by atoms with van der Waals surface area (Å²) in [6.07, 6.45) is 0.131. The molecular weight excluding hydrogens is 374 g/mol. The number of esters is 2. The highest BCUT2D eigenvalue weighted by Crippen LogP contribution is 2.26. The Kier molecular flexibility index (Phi) is 10.1. The predicted octanol–water partition coefficient (Wildman–Crippen LogP) is 2.11. The molecule has 1 aromatic carbocycles. The number of aliphatic hydroxyl groups is 1. The predicted molar refractivity (Wildman–Crippen MR) is 115 cm³/mol. The van der Waals surface area contributed by atoms with Crippen molar-refractivity contribution in [2.24, 2.45) is 5.73 Å². The van der Waals surface area contributed by atoms with Crippen molar-refractivity contribution in [3.05, 3.63) is 35.9 Å². The van der Waals surface area contributed by atoms with Gasteiger partial charge in [0.25, 0.3) is 0 Å². The van der Waals surface area contributed by atoms with E-state index in [1.165, 1.54) is 0 Å². The molecule has 2 atom stereocenters. The smallest absolute Gasteiger partial charge is 0.338 e. The first-order valence-electron chi connectivity index (χ1n) is 9.60. The molecule has 0 aliphatic heterocycles. The second-order valence-electron chi connectivity index (χ2n) is 8.62. The van der Waals surface area contributed by atoms with Crippen LogP contribution in [0.25, 0.3) is 0 Å². The van der Waals surface area contributed by atoms with Crippen LogP contribution in [0.3, 0.4) is 0 Å². The Balaban J connectivity index is 0.000000749. The van der Waals surface area contributed by atoms with Crippen LogP contribution in [0, 0.1) is 0 Å². The molecule has 2 unspecified atom stereocenters. The molecule has 28 heavy (non-hydrogen) atoms. The highest BCUT2D eigenvalue weighted by Gasteiger charge is 2.47. The highest BCUT2D eigenvalue weighted by molar-refractivity contribution is 6.12. The van der Waals surface area contributed by atoms with E-state index in [4.69, 9.17) is 20.3 Å². The molecule has 0 fully saturated rings. The lowest BCUT2D eigenvalue weighted by molar-refractivity contribution is -0.178.